The summed E-state index contributed by atoms with van der Waals surface area (Å²) >= 11 is 0. The second-order valence-corrected chi connectivity index (χ2v) is 15.9. The molecule has 0 aliphatic carbocycles. The minimum atomic E-state index is 0.199. The van der Waals surface area contributed by atoms with E-state index in [4.69, 9.17) is 28.4 Å². The van der Waals surface area contributed by atoms with Crippen molar-refractivity contribution in [1.82, 2.24) is 0 Å². The summed E-state index contributed by atoms with van der Waals surface area (Å²) in [5.74, 6) is 0. The number of rotatable bonds is 15. The van der Waals surface area contributed by atoms with E-state index in [1.54, 1.807) is 0 Å². The molecule has 0 N–H and O–H groups in total. The number of nitrogens with zero attached hydrogens (tertiary/aromatic N) is 3. The average Bonchev–Trinajstić information content (AvgIpc) is 3.95. The molecule has 6 aliphatic heterocycles. The Hall–Kier alpha value is -4.22. The fraction of sp³-hybridized carbons (Fsp3) is 0.409. The molecule has 0 saturated carbocycles. The zero-order chi connectivity index (χ0) is 34.6. The molecule has 6 saturated heterocycles. The van der Waals surface area contributed by atoms with Gasteiger partial charge in [-0.25, -0.2) is 0 Å². The Morgan fingerprint density at radius 3 is 1.34 bits per heavy atom. The largest absolute Gasteiger partial charge is 0.371 e. The summed E-state index contributed by atoms with van der Waals surface area (Å²) in [7, 11) is 0. The summed E-state index contributed by atoms with van der Waals surface area (Å²) in [6, 6.07) is 29.7. The summed E-state index contributed by atoms with van der Waals surface area (Å²) in [6.45, 7) is 9.65. The van der Waals surface area contributed by atoms with E-state index in [1.807, 2.05) is 0 Å². The van der Waals surface area contributed by atoms with Gasteiger partial charge in [0, 0.05) is 44.7 Å². The SMILES string of the molecule is c1ccc2c(c1)ccc1ccc3c4cc(N(CC5CO5)CC5CO5)c(N(CC5CO5)CC5CO5)c(N(CC5CO5)CC5CO5)c4c4ccccc4c3c12. The van der Waals surface area contributed by atoms with Crippen LogP contribution in [0.1, 0.15) is 0 Å². The van der Waals surface area contributed by atoms with Gasteiger partial charge in [-0.05, 0) is 54.5 Å². The molecule has 6 atom stereocenters. The highest BCUT2D eigenvalue weighted by Crippen LogP contribution is 2.52. The lowest BCUT2D eigenvalue weighted by molar-refractivity contribution is 0.385. The monoisotopic (exact) mass is 709 g/mol. The number of hydrogen-bond acceptors (Lipinski definition) is 9. The number of hydrogen-bond donors (Lipinski definition) is 0. The summed E-state index contributed by atoms with van der Waals surface area (Å²) in [4.78, 5) is 7.77. The van der Waals surface area contributed by atoms with Crippen molar-refractivity contribution in [3.63, 3.8) is 0 Å². The molecule has 6 heterocycles. The van der Waals surface area contributed by atoms with Gasteiger partial charge >= 0.3 is 0 Å². The van der Waals surface area contributed by atoms with Gasteiger partial charge in [-0.1, -0.05) is 72.8 Å². The second kappa shape index (κ2) is 12.1. The molecule has 270 valence electrons. The van der Waals surface area contributed by atoms with Crippen LogP contribution in [0.3, 0.4) is 0 Å². The van der Waals surface area contributed by atoms with Crippen LogP contribution in [-0.4, -0.2) is 116 Å². The van der Waals surface area contributed by atoms with E-state index < -0.39 is 0 Å². The van der Waals surface area contributed by atoms with Gasteiger partial charge < -0.3 is 43.1 Å². The molecule has 6 fully saturated rings. The van der Waals surface area contributed by atoms with E-state index in [0.717, 1.165) is 78.9 Å². The number of benzene rings is 6. The zero-order valence-corrected chi connectivity index (χ0v) is 29.7. The first-order valence-corrected chi connectivity index (χ1v) is 19.4. The number of fused-ring (bicyclic) bond motifs is 10. The minimum Gasteiger partial charge on any atom is -0.371 e. The molecule has 6 aliphatic rings. The predicted octanol–water partition coefficient (Wildman–Crippen LogP) is 6.26. The molecule has 9 nitrogen and oxygen atoms in total. The van der Waals surface area contributed by atoms with E-state index in [9.17, 15) is 0 Å². The van der Waals surface area contributed by atoms with Crippen LogP contribution in [0.4, 0.5) is 17.1 Å². The molecule has 6 aromatic rings. The summed E-state index contributed by atoms with van der Waals surface area (Å²) < 4.78 is 35.8. The normalized spacial score (nSPS) is 26.4. The first-order valence-electron chi connectivity index (χ1n) is 19.4. The quantitative estimate of drug-likeness (QED) is 0.0906. The highest BCUT2D eigenvalue weighted by Gasteiger charge is 2.40. The fourth-order valence-electron chi connectivity index (χ4n) is 8.81. The van der Waals surface area contributed by atoms with Crippen LogP contribution >= 0.6 is 0 Å². The smallest absolute Gasteiger partial charge is 0.0984 e. The Balaban J connectivity index is 1.23. The van der Waals surface area contributed by atoms with Crippen LogP contribution in [0.25, 0.3) is 53.9 Å². The average molecular weight is 710 g/mol. The first kappa shape index (κ1) is 31.2. The highest BCUT2D eigenvalue weighted by molar-refractivity contribution is 6.37. The van der Waals surface area contributed by atoms with Crippen molar-refractivity contribution in [2.24, 2.45) is 0 Å². The van der Waals surface area contributed by atoms with Crippen LogP contribution in [0.2, 0.25) is 0 Å². The van der Waals surface area contributed by atoms with Crippen molar-refractivity contribution in [2.75, 3.05) is 93.6 Å². The minimum absolute atomic E-state index is 0.199. The van der Waals surface area contributed by atoms with Crippen molar-refractivity contribution >= 4 is 70.9 Å². The molecule has 0 spiro atoms. The van der Waals surface area contributed by atoms with Crippen molar-refractivity contribution in [1.29, 1.82) is 0 Å². The Morgan fingerprint density at radius 2 is 0.792 bits per heavy atom. The number of epoxide rings is 6. The van der Waals surface area contributed by atoms with Gasteiger partial charge in [0.15, 0.2) is 0 Å². The molecule has 0 amide bonds. The maximum atomic E-state index is 5.99. The topological polar surface area (TPSA) is 84.9 Å². The molecule has 0 radical (unpaired) electrons. The van der Waals surface area contributed by atoms with Gasteiger partial charge in [-0.2, -0.15) is 0 Å². The summed E-state index contributed by atoms with van der Waals surface area (Å²) in [6.07, 6.45) is 1.24. The van der Waals surface area contributed by atoms with Gasteiger partial charge in [-0.15, -0.1) is 0 Å². The molecular weight excluding hydrogens is 666 g/mol. The maximum Gasteiger partial charge on any atom is 0.0984 e. The van der Waals surface area contributed by atoms with Crippen LogP contribution < -0.4 is 14.7 Å². The van der Waals surface area contributed by atoms with Gasteiger partial charge in [-0.3, -0.25) is 0 Å². The second-order valence-electron chi connectivity index (χ2n) is 15.9. The molecule has 0 bridgehead atoms. The van der Waals surface area contributed by atoms with Gasteiger partial charge in [0.05, 0.1) is 93.3 Å². The third kappa shape index (κ3) is 5.95. The summed E-state index contributed by atoms with van der Waals surface area (Å²) in [5.41, 5.74) is 3.74. The van der Waals surface area contributed by atoms with Crippen LogP contribution in [0.5, 0.6) is 0 Å². The standard InChI is InChI=1S/C44H43N3O6/c1-2-6-34-26(5-1)9-10-27-11-12-37-38-13-39(45(14-28-20-48-28)15-29-21-49-29)43(46(16-30-22-50-30)17-31-23-51-31)44(47(18-32-24-52-32)19-33-25-53-33)42(38)36-8-4-3-7-35(36)41(37)40(27)34/h1-13,28-33H,14-25H2. The Bertz CT molecular complexity index is 2370. The van der Waals surface area contributed by atoms with Crippen LogP contribution in [0, 0.1) is 0 Å². The van der Waals surface area contributed by atoms with Crippen molar-refractivity contribution in [3.8, 4) is 0 Å². The third-order valence-electron chi connectivity index (χ3n) is 11.9. The van der Waals surface area contributed by atoms with Crippen molar-refractivity contribution in [3.05, 3.63) is 78.9 Å². The molecule has 0 aromatic heterocycles. The van der Waals surface area contributed by atoms with Gasteiger partial charge in [0.25, 0.3) is 0 Å². The van der Waals surface area contributed by atoms with E-state index in [1.165, 1.54) is 70.9 Å². The Morgan fingerprint density at radius 1 is 0.377 bits per heavy atom. The summed E-state index contributed by atoms with van der Waals surface area (Å²) in [5, 5.41) is 12.8. The van der Waals surface area contributed by atoms with E-state index in [0.29, 0.717) is 0 Å². The number of ether oxygens (including phenoxy) is 6. The lowest BCUT2D eigenvalue weighted by atomic mass is 9.87. The van der Waals surface area contributed by atoms with E-state index >= 15 is 0 Å². The van der Waals surface area contributed by atoms with Crippen LogP contribution in [0.15, 0.2) is 78.9 Å². The van der Waals surface area contributed by atoms with Crippen molar-refractivity contribution in [2.45, 2.75) is 36.6 Å². The molecular formula is C44H43N3O6. The van der Waals surface area contributed by atoms with Crippen molar-refractivity contribution < 1.29 is 28.4 Å². The maximum absolute atomic E-state index is 5.99. The van der Waals surface area contributed by atoms with E-state index in [2.05, 4.69) is 93.6 Å². The molecule has 6 aromatic carbocycles. The van der Waals surface area contributed by atoms with Crippen LogP contribution in [-0.2, 0) is 28.4 Å². The van der Waals surface area contributed by atoms with Gasteiger partial charge in [0.2, 0.25) is 0 Å². The molecule has 53 heavy (non-hydrogen) atoms. The molecule has 6 unspecified atom stereocenters. The molecule has 9 heteroatoms. The lowest BCUT2D eigenvalue weighted by Gasteiger charge is -2.38. The first-order chi connectivity index (χ1) is 26.2. The van der Waals surface area contributed by atoms with E-state index in [-0.39, 0.29) is 36.6 Å². The highest BCUT2D eigenvalue weighted by atomic mass is 16.6. The fourth-order valence-corrected chi connectivity index (χ4v) is 8.81. The number of anilines is 3. The predicted molar refractivity (Wildman–Crippen MR) is 209 cm³/mol. The molecule has 12 rings (SSSR count). The Kier molecular flexibility index (Phi) is 7.14. The van der Waals surface area contributed by atoms with Gasteiger partial charge in [0.1, 0.15) is 0 Å². The lowest BCUT2D eigenvalue weighted by Crippen LogP contribution is -2.39. The third-order valence-corrected chi connectivity index (χ3v) is 11.9. The Labute approximate surface area is 307 Å². The zero-order valence-electron chi connectivity index (χ0n) is 29.7.